The normalized spacial score (nSPS) is 12.0. The van der Waals surface area contributed by atoms with Crippen LogP contribution in [0.5, 0.6) is 0 Å². The number of furan rings is 2. The van der Waals surface area contributed by atoms with E-state index in [1.54, 1.807) is 0 Å². The summed E-state index contributed by atoms with van der Waals surface area (Å²) in [5.74, 6) is 0. The highest BCUT2D eigenvalue weighted by Crippen LogP contribution is 2.48. The summed E-state index contributed by atoms with van der Waals surface area (Å²) in [6.45, 7) is 0. The third kappa shape index (κ3) is 3.87. The molecule has 0 unspecified atom stereocenters. The molecule has 3 heterocycles. The van der Waals surface area contributed by atoms with Crippen molar-refractivity contribution in [1.82, 2.24) is 4.57 Å². The van der Waals surface area contributed by atoms with Gasteiger partial charge in [-0.15, -0.1) is 0 Å². The highest BCUT2D eigenvalue weighted by atomic mass is 16.3. The number of benzene rings is 8. The van der Waals surface area contributed by atoms with Crippen molar-refractivity contribution in [2.45, 2.75) is 0 Å². The molecule has 0 bridgehead atoms. The largest absolute Gasteiger partial charge is 0.456 e. The molecule has 11 rings (SSSR count). The van der Waals surface area contributed by atoms with Gasteiger partial charge in [0.1, 0.15) is 22.3 Å². The van der Waals surface area contributed by atoms with Gasteiger partial charge in [-0.05, 0) is 89.6 Å². The Morgan fingerprint density at radius 1 is 0.380 bits per heavy atom. The zero-order valence-corrected chi connectivity index (χ0v) is 26.9. The molecule has 0 aliphatic carbocycles. The number of anilines is 3. The molecule has 0 fully saturated rings. The van der Waals surface area contributed by atoms with E-state index in [0.717, 1.165) is 77.5 Å². The standard InChI is InChI=1S/C46H28N2O2/c1-2-12-31(13-3-1)47-37-17-7-4-15-34(37)45-38(47)18-10-19-39(45)48(40-20-11-23-43-46(40)35-16-6-9-22-42(35)49-43)32-25-24-29-27-36-33-14-5-8-21-41(33)50-44(36)28-30(29)26-32/h1-28H. The molecule has 0 atom stereocenters. The van der Waals surface area contributed by atoms with Crippen LogP contribution in [0.1, 0.15) is 0 Å². The summed E-state index contributed by atoms with van der Waals surface area (Å²) in [6.07, 6.45) is 0. The number of nitrogens with zero attached hydrogens (tertiary/aromatic N) is 2. The number of rotatable bonds is 4. The first-order valence-electron chi connectivity index (χ1n) is 16.9. The molecule has 0 aliphatic heterocycles. The Bertz CT molecular complexity index is 3110. The summed E-state index contributed by atoms with van der Waals surface area (Å²) in [7, 11) is 0. The zero-order chi connectivity index (χ0) is 32.8. The van der Waals surface area contributed by atoms with E-state index < -0.39 is 0 Å². The van der Waals surface area contributed by atoms with Gasteiger partial charge in [-0.25, -0.2) is 0 Å². The highest BCUT2D eigenvalue weighted by Gasteiger charge is 2.24. The van der Waals surface area contributed by atoms with Crippen molar-refractivity contribution < 1.29 is 8.83 Å². The van der Waals surface area contributed by atoms with E-state index in [9.17, 15) is 0 Å². The number of hydrogen-bond acceptors (Lipinski definition) is 3. The van der Waals surface area contributed by atoms with Crippen LogP contribution in [0.15, 0.2) is 179 Å². The van der Waals surface area contributed by atoms with Crippen molar-refractivity contribution in [3.63, 3.8) is 0 Å². The van der Waals surface area contributed by atoms with E-state index in [1.165, 1.54) is 21.7 Å². The monoisotopic (exact) mass is 640 g/mol. The first-order valence-corrected chi connectivity index (χ1v) is 16.9. The van der Waals surface area contributed by atoms with Crippen LogP contribution >= 0.6 is 0 Å². The van der Waals surface area contributed by atoms with Crippen LogP contribution in [0.3, 0.4) is 0 Å². The third-order valence-electron chi connectivity index (χ3n) is 10.1. The summed E-state index contributed by atoms with van der Waals surface area (Å²) in [5.41, 5.74) is 10.2. The van der Waals surface area contributed by atoms with Gasteiger partial charge in [0, 0.05) is 38.3 Å². The van der Waals surface area contributed by atoms with Gasteiger partial charge in [0.25, 0.3) is 0 Å². The molecular weight excluding hydrogens is 613 g/mol. The minimum absolute atomic E-state index is 0.859. The van der Waals surface area contributed by atoms with Gasteiger partial charge in [-0.2, -0.15) is 0 Å². The Labute approximate surface area is 286 Å². The molecule has 8 aromatic carbocycles. The second kappa shape index (κ2) is 10.4. The topological polar surface area (TPSA) is 34.5 Å². The first-order chi connectivity index (χ1) is 24.8. The second-order valence-corrected chi connectivity index (χ2v) is 12.9. The Morgan fingerprint density at radius 3 is 1.88 bits per heavy atom. The van der Waals surface area contributed by atoms with E-state index in [-0.39, 0.29) is 0 Å². The van der Waals surface area contributed by atoms with Gasteiger partial charge in [-0.3, -0.25) is 0 Å². The molecule has 4 nitrogen and oxygen atoms in total. The van der Waals surface area contributed by atoms with E-state index in [4.69, 9.17) is 8.83 Å². The third-order valence-corrected chi connectivity index (χ3v) is 10.1. The molecule has 0 saturated heterocycles. The predicted octanol–water partition coefficient (Wildman–Crippen LogP) is 13.2. The van der Waals surface area contributed by atoms with E-state index in [1.807, 2.05) is 24.3 Å². The number of para-hydroxylation sites is 4. The summed E-state index contributed by atoms with van der Waals surface area (Å²) in [6, 6.07) is 60.2. The Hall–Kier alpha value is -6.78. The lowest BCUT2D eigenvalue weighted by atomic mass is 10.0. The van der Waals surface area contributed by atoms with Gasteiger partial charge < -0.3 is 18.3 Å². The molecule has 0 spiro atoms. The van der Waals surface area contributed by atoms with E-state index in [2.05, 4.69) is 155 Å². The maximum absolute atomic E-state index is 6.44. The fraction of sp³-hybridized carbons (Fsp3) is 0. The SMILES string of the molecule is c1ccc(-n2c3ccccc3c3c(N(c4ccc5cc6c(cc5c4)oc4ccccc46)c4cccc5oc6ccccc6c45)cccc32)cc1. The number of fused-ring (bicyclic) bond motifs is 10. The number of hydrogen-bond donors (Lipinski definition) is 0. The summed E-state index contributed by atoms with van der Waals surface area (Å²) in [4.78, 5) is 2.41. The second-order valence-electron chi connectivity index (χ2n) is 12.9. The summed E-state index contributed by atoms with van der Waals surface area (Å²) >= 11 is 0. The van der Waals surface area contributed by atoms with Crippen LogP contribution in [-0.2, 0) is 0 Å². The maximum atomic E-state index is 6.44. The van der Waals surface area contributed by atoms with Gasteiger partial charge >= 0.3 is 0 Å². The van der Waals surface area contributed by atoms with Gasteiger partial charge in [-0.1, -0.05) is 91.0 Å². The van der Waals surface area contributed by atoms with Crippen LogP contribution in [0.2, 0.25) is 0 Å². The van der Waals surface area contributed by atoms with Crippen LogP contribution in [0, 0.1) is 0 Å². The van der Waals surface area contributed by atoms with Crippen molar-refractivity contribution in [2.75, 3.05) is 4.90 Å². The lowest BCUT2D eigenvalue weighted by Crippen LogP contribution is -2.11. The van der Waals surface area contributed by atoms with Crippen LogP contribution in [0.25, 0.3) is 82.1 Å². The molecule has 0 saturated carbocycles. The molecule has 11 aromatic rings. The van der Waals surface area contributed by atoms with Crippen molar-refractivity contribution in [1.29, 1.82) is 0 Å². The molecule has 4 heteroatoms. The summed E-state index contributed by atoms with van der Waals surface area (Å²) < 4.78 is 15.2. The molecule has 0 aliphatic rings. The highest BCUT2D eigenvalue weighted by molar-refractivity contribution is 6.20. The van der Waals surface area contributed by atoms with Crippen LogP contribution in [0.4, 0.5) is 17.1 Å². The Kier molecular flexibility index (Phi) is 5.63. The molecule has 0 amide bonds. The molecule has 3 aromatic heterocycles. The smallest absolute Gasteiger partial charge is 0.137 e. The lowest BCUT2D eigenvalue weighted by Gasteiger charge is -2.27. The predicted molar refractivity (Wildman–Crippen MR) is 208 cm³/mol. The minimum atomic E-state index is 0.859. The summed E-state index contributed by atoms with van der Waals surface area (Å²) in [5, 5.41) is 9.10. The molecule has 50 heavy (non-hydrogen) atoms. The Balaban J connectivity index is 1.25. The zero-order valence-electron chi connectivity index (χ0n) is 26.9. The molecular formula is C46H28N2O2. The van der Waals surface area contributed by atoms with Gasteiger partial charge in [0.05, 0.1) is 27.8 Å². The Morgan fingerprint density at radius 2 is 1.02 bits per heavy atom. The van der Waals surface area contributed by atoms with E-state index >= 15 is 0 Å². The lowest BCUT2D eigenvalue weighted by molar-refractivity contribution is 0.669. The molecule has 0 radical (unpaired) electrons. The van der Waals surface area contributed by atoms with Crippen LogP contribution < -0.4 is 4.90 Å². The van der Waals surface area contributed by atoms with Crippen molar-refractivity contribution >= 4 is 93.5 Å². The molecule has 0 N–H and O–H groups in total. The van der Waals surface area contributed by atoms with E-state index in [0.29, 0.717) is 0 Å². The van der Waals surface area contributed by atoms with Gasteiger partial charge in [0.2, 0.25) is 0 Å². The average molecular weight is 641 g/mol. The van der Waals surface area contributed by atoms with Gasteiger partial charge in [0.15, 0.2) is 0 Å². The average Bonchev–Trinajstić information content (AvgIpc) is 3.84. The van der Waals surface area contributed by atoms with Crippen molar-refractivity contribution in [2.24, 2.45) is 0 Å². The quantitative estimate of drug-likeness (QED) is 0.192. The fourth-order valence-electron chi connectivity index (χ4n) is 7.99. The van der Waals surface area contributed by atoms with Crippen LogP contribution in [-0.4, -0.2) is 4.57 Å². The maximum Gasteiger partial charge on any atom is 0.137 e. The van der Waals surface area contributed by atoms with Crippen molar-refractivity contribution in [3.8, 4) is 5.69 Å². The van der Waals surface area contributed by atoms with Crippen molar-refractivity contribution in [3.05, 3.63) is 170 Å². The number of aromatic nitrogens is 1. The first kappa shape index (κ1) is 27.2. The molecule has 234 valence electrons. The fourth-order valence-corrected chi connectivity index (χ4v) is 7.99. The minimum Gasteiger partial charge on any atom is -0.456 e.